The molecule has 1 rings (SSSR count). The van der Waals surface area contributed by atoms with Gasteiger partial charge >= 0.3 is 0 Å². The molecule has 21 heavy (non-hydrogen) atoms. The second kappa shape index (κ2) is 7.47. The van der Waals surface area contributed by atoms with E-state index in [4.69, 9.17) is 0 Å². The van der Waals surface area contributed by atoms with Crippen LogP contribution in [0.3, 0.4) is 0 Å². The first-order valence-corrected chi connectivity index (χ1v) is 6.86. The number of carbonyl (C=O) groups is 2. The van der Waals surface area contributed by atoms with Gasteiger partial charge < -0.3 is 15.1 Å². The fraction of sp³-hybridized carbons (Fsp3) is 0.375. The predicted octanol–water partition coefficient (Wildman–Crippen LogP) is 2.11. The van der Waals surface area contributed by atoms with Crippen molar-refractivity contribution < 1.29 is 9.59 Å². The van der Waals surface area contributed by atoms with Crippen LogP contribution in [0.5, 0.6) is 0 Å². The number of hydrogen-bond acceptors (Lipinski definition) is 3. The van der Waals surface area contributed by atoms with Crippen molar-refractivity contribution >= 4 is 23.2 Å². The summed E-state index contributed by atoms with van der Waals surface area (Å²) in [5.41, 5.74) is 1.68. The molecular weight excluding hydrogens is 266 g/mol. The Hall–Kier alpha value is -2.30. The van der Waals surface area contributed by atoms with Crippen molar-refractivity contribution in [2.24, 2.45) is 0 Å². The van der Waals surface area contributed by atoms with Crippen LogP contribution < -0.4 is 10.2 Å². The SMILES string of the molecule is C=CC(=O)N(C)CC(=O)Nc1ccccc1N(C)C(C)C. The number of para-hydroxylation sites is 2. The minimum absolute atomic E-state index is 0.00934. The number of benzene rings is 1. The van der Waals surface area contributed by atoms with Crippen molar-refractivity contribution in [2.75, 3.05) is 30.9 Å². The highest BCUT2D eigenvalue weighted by Gasteiger charge is 2.14. The van der Waals surface area contributed by atoms with Crippen LogP contribution in [0, 0.1) is 0 Å². The maximum absolute atomic E-state index is 12.0. The van der Waals surface area contributed by atoms with E-state index in [1.165, 1.54) is 11.0 Å². The fourth-order valence-electron chi connectivity index (χ4n) is 1.80. The summed E-state index contributed by atoms with van der Waals surface area (Å²) >= 11 is 0. The Labute approximate surface area is 126 Å². The maximum Gasteiger partial charge on any atom is 0.246 e. The van der Waals surface area contributed by atoms with Crippen LogP contribution in [0.25, 0.3) is 0 Å². The normalized spacial score (nSPS) is 10.1. The highest BCUT2D eigenvalue weighted by atomic mass is 16.2. The average Bonchev–Trinajstić information content (AvgIpc) is 2.45. The van der Waals surface area contributed by atoms with Gasteiger partial charge in [0.05, 0.1) is 17.9 Å². The first-order chi connectivity index (χ1) is 9.86. The number of rotatable bonds is 6. The maximum atomic E-state index is 12.0. The smallest absolute Gasteiger partial charge is 0.246 e. The zero-order valence-corrected chi connectivity index (χ0v) is 13.1. The third-order valence-corrected chi connectivity index (χ3v) is 3.26. The molecule has 0 aromatic heterocycles. The molecule has 1 aromatic carbocycles. The van der Waals surface area contributed by atoms with Crippen LogP contribution in [0.1, 0.15) is 13.8 Å². The lowest BCUT2D eigenvalue weighted by Gasteiger charge is -2.26. The van der Waals surface area contributed by atoms with E-state index < -0.39 is 0 Å². The Morgan fingerprint density at radius 1 is 1.29 bits per heavy atom. The van der Waals surface area contributed by atoms with Gasteiger partial charge in [0, 0.05) is 20.1 Å². The summed E-state index contributed by atoms with van der Waals surface area (Å²) in [7, 11) is 3.54. The van der Waals surface area contributed by atoms with E-state index in [1.807, 2.05) is 31.3 Å². The largest absolute Gasteiger partial charge is 0.370 e. The molecule has 0 unspecified atom stereocenters. The summed E-state index contributed by atoms with van der Waals surface area (Å²) in [6, 6.07) is 7.91. The molecule has 0 saturated carbocycles. The number of nitrogens with one attached hydrogen (secondary N) is 1. The quantitative estimate of drug-likeness (QED) is 0.816. The minimum Gasteiger partial charge on any atom is -0.370 e. The molecule has 0 radical (unpaired) electrons. The molecule has 1 N–H and O–H groups in total. The number of nitrogens with zero attached hydrogens (tertiary/aromatic N) is 2. The van der Waals surface area contributed by atoms with Gasteiger partial charge in [0.25, 0.3) is 0 Å². The topological polar surface area (TPSA) is 52.7 Å². The second-order valence-electron chi connectivity index (χ2n) is 5.17. The summed E-state index contributed by atoms with van der Waals surface area (Å²) in [5, 5.41) is 2.85. The van der Waals surface area contributed by atoms with Crippen LogP contribution in [0.2, 0.25) is 0 Å². The number of hydrogen-bond donors (Lipinski definition) is 1. The number of likely N-dealkylation sites (N-methyl/N-ethyl adjacent to an activating group) is 1. The van der Waals surface area contributed by atoms with Gasteiger partial charge in [-0.15, -0.1) is 0 Å². The van der Waals surface area contributed by atoms with E-state index in [0.717, 1.165) is 11.4 Å². The molecule has 0 heterocycles. The third kappa shape index (κ3) is 4.63. The summed E-state index contributed by atoms with van der Waals surface area (Å²) < 4.78 is 0. The summed E-state index contributed by atoms with van der Waals surface area (Å²) in [5.74, 6) is -0.518. The molecule has 0 aliphatic carbocycles. The lowest BCUT2D eigenvalue weighted by molar-refractivity contribution is -0.129. The van der Waals surface area contributed by atoms with Crippen molar-refractivity contribution in [1.82, 2.24) is 4.90 Å². The highest BCUT2D eigenvalue weighted by molar-refractivity contribution is 5.98. The molecule has 114 valence electrons. The van der Waals surface area contributed by atoms with E-state index in [-0.39, 0.29) is 18.4 Å². The van der Waals surface area contributed by atoms with Gasteiger partial charge in [-0.25, -0.2) is 0 Å². The number of carbonyl (C=O) groups excluding carboxylic acids is 2. The van der Waals surface area contributed by atoms with Crippen molar-refractivity contribution in [1.29, 1.82) is 0 Å². The highest BCUT2D eigenvalue weighted by Crippen LogP contribution is 2.25. The molecular formula is C16H23N3O2. The van der Waals surface area contributed by atoms with Gasteiger partial charge in [-0.3, -0.25) is 9.59 Å². The molecule has 5 heteroatoms. The Morgan fingerprint density at radius 3 is 2.48 bits per heavy atom. The second-order valence-corrected chi connectivity index (χ2v) is 5.17. The van der Waals surface area contributed by atoms with Crippen molar-refractivity contribution in [3.8, 4) is 0 Å². The van der Waals surface area contributed by atoms with Crippen LogP contribution in [0.4, 0.5) is 11.4 Å². The summed E-state index contributed by atoms with van der Waals surface area (Å²) in [4.78, 5) is 26.8. The van der Waals surface area contributed by atoms with Crippen molar-refractivity contribution in [3.05, 3.63) is 36.9 Å². The number of amides is 2. The third-order valence-electron chi connectivity index (χ3n) is 3.26. The van der Waals surface area contributed by atoms with Gasteiger partial charge in [0.15, 0.2) is 0 Å². The van der Waals surface area contributed by atoms with Gasteiger partial charge in [-0.1, -0.05) is 18.7 Å². The predicted molar refractivity (Wildman–Crippen MR) is 86.4 cm³/mol. The first-order valence-electron chi connectivity index (χ1n) is 6.86. The van der Waals surface area contributed by atoms with Gasteiger partial charge in [-0.05, 0) is 32.1 Å². The molecule has 1 aromatic rings. The van der Waals surface area contributed by atoms with E-state index in [1.54, 1.807) is 7.05 Å². The molecule has 0 spiro atoms. The van der Waals surface area contributed by atoms with E-state index in [0.29, 0.717) is 6.04 Å². The monoisotopic (exact) mass is 289 g/mol. The van der Waals surface area contributed by atoms with Crippen LogP contribution in [0.15, 0.2) is 36.9 Å². The standard InChI is InChI=1S/C16H23N3O2/c1-6-16(21)18(4)11-15(20)17-13-9-7-8-10-14(13)19(5)12(2)3/h6-10,12H,1,11H2,2-5H3,(H,17,20). The zero-order valence-electron chi connectivity index (χ0n) is 13.1. The van der Waals surface area contributed by atoms with Crippen LogP contribution >= 0.6 is 0 Å². The lowest BCUT2D eigenvalue weighted by Crippen LogP contribution is -2.34. The molecule has 2 amide bonds. The Morgan fingerprint density at radius 2 is 1.90 bits per heavy atom. The Bertz CT molecular complexity index is 526. The van der Waals surface area contributed by atoms with Gasteiger partial charge in [-0.2, -0.15) is 0 Å². The van der Waals surface area contributed by atoms with Crippen molar-refractivity contribution in [3.63, 3.8) is 0 Å². The van der Waals surface area contributed by atoms with Gasteiger partial charge in [0.2, 0.25) is 11.8 Å². The first kappa shape index (κ1) is 16.8. The lowest BCUT2D eigenvalue weighted by atomic mass is 10.2. The minimum atomic E-state index is -0.280. The fourth-order valence-corrected chi connectivity index (χ4v) is 1.80. The van der Waals surface area contributed by atoms with Crippen molar-refractivity contribution in [2.45, 2.75) is 19.9 Å². The van der Waals surface area contributed by atoms with Crippen LogP contribution in [-0.2, 0) is 9.59 Å². The van der Waals surface area contributed by atoms with Gasteiger partial charge in [0.1, 0.15) is 0 Å². The molecule has 0 aliphatic rings. The Kier molecular flexibility index (Phi) is 5.96. The molecule has 0 aliphatic heterocycles. The summed E-state index contributed by atoms with van der Waals surface area (Å²) in [6.45, 7) is 7.55. The van der Waals surface area contributed by atoms with Crippen LogP contribution in [-0.4, -0.2) is 43.4 Å². The molecule has 0 saturated heterocycles. The van der Waals surface area contributed by atoms with E-state index in [2.05, 4.69) is 30.6 Å². The molecule has 5 nitrogen and oxygen atoms in total. The summed E-state index contributed by atoms with van der Waals surface area (Å²) in [6.07, 6.45) is 1.19. The average molecular weight is 289 g/mol. The molecule has 0 bridgehead atoms. The zero-order chi connectivity index (χ0) is 16.0. The van der Waals surface area contributed by atoms with E-state index in [9.17, 15) is 9.59 Å². The number of anilines is 2. The molecule has 0 atom stereocenters. The molecule has 0 fully saturated rings. The van der Waals surface area contributed by atoms with E-state index >= 15 is 0 Å². The Balaban J connectivity index is 2.81.